The standard InChI is InChI=1S/C18H20N4O4S/c1-14(16-5-3-7-19-13-16)20-21-18(23)15-4-2-6-17(12-15)27(24,25)22-8-10-26-11-9-22/h2-7,12-13,20H,1,8-11H2,(H,21,23). The maximum Gasteiger partial charge on any atom is 0.269 e. The molecule has 1 aromatic heterocycles. The number of nitrogens with one attached hydrogen (secondary N) is 2. The van der Waals surface area contributed by atoms with Gasteiger partial charge in [-0.25, -0.2) is 8.42 Å². The van der Waals surface area contributed by atoms with Crippen LogP contribution in [0.4, 0.5) is 0 Å². The summed E-state index contributed by atoms with van der Waals surface area (Å²) in [5, 5.41) is 0. The van der Waals surface area contributed by atoms with Gasteiger partial charge in [0, 0.05) is 36.6 Å². The maximum absolute atomic E-state index is 12.7. The summed E-state index contributed by atoms with van der Waals surface area (Å²) in [7, 11) is -3.67. The van der Waals surface area contributed by atoms with E-state index >= 15 is 0 Å². The molecule has 0 radical (unpaired) electrons. The number of amides is 1. The minimum absolute atomic E-state index is 0.0723. The zero-order valence-corrected chi connectivity index (χ0v) is 15.4. The highest BCUT2D eigenvalue weighted by atomic mass is 32.2. The first-order valence-corrected chi connectivity index (χ1v) is 9.76. The fourth-order valence-corrected chi connectivity index (χ4v) is 4.01. The number of sulfonamides is 1. The number of carbonyl (C=O) groups excluding carboxylic acids is 1. The van der Waals surface area contributed by atoms with Crippen molar-refractivity contribution >= 4 is 21.6 Å². The first kappa shape index (κ1) is 19.0. The smallest absolute Gasteiger partial charge is 0.269 e. The molecule has 1 aromatic carbocycles. The Bertz CT molecular complexity index is 925. The lowest BCUT2D eigenvalue weighted by Gasteiger charge is -2.26. The van der Waals surface area contributed by atoms with Gasteiger partial charge in [0.15, 0.2) is 0 Å². The predicted molar refractivity (Wildman–Crippen MR) is 99.9 cm³/mol. The van der Waals surface area contributed by atoms with Crippen molar-refractivity contribution in [1.29, 1.82) is 0 Å². The van der Waals surface area contributed by atoms with E-state index in [2.05, 4.69) is 22.4 Å². The van der Waals surface area contributed by atoms with Crippen molar-refractivity contribution in [2.24, 2.45) is 0 Å². The number of ether oxygens (including phenoxy) is 1. The normalized spacial score (nSPS) is 15.1. The van der Waals surface area contributed by atoms with E-state index in [9.17, 15) is 13.2 Å². The summed E-state index contributed by atoms with van der Waals surface area (Å²) >= 11 is 0. The van der Waals surface area contributed by atoms with E-state index in [1.165, 1.54) is 22.5 Å². The Balaban J connectivity index is 1.69. The average Bonchev–Trinajstić information content (AvgIpc) is 2.73. The molecule has 2 aromatic rings. The van der Waals surface area contributed by atoms with Crippen molar-refractivity contribution in [2.75, 3.05) is 26.3 Å². The number of hydrogen-bond donors (Lipinski definition) is 2. The molecule has 0 bridgehead atoms. The monoisotopic (exact) mass is 388 g/mol. The van der Waals surface area contributed by atoms with Gasteiger partial charge < -0.3 is 4.74 Å². The number of hydrogen-bond acceptors (Lipinski definition) is 6. The molecule has 2 N–H and O–H groups in total. The number of hydrazine groups is 1. The molecule has 27 heavy (non-hydrogen) atoms. The van der Waals surface area contributed by atoms with Gasteiger partial charge in [-0.05, 0) is 30.3 Å². The number of aromatic nitrogens is 1. The third-order valence-electron chi connectivity index (χ3n) is 4.04. The molecule has 1 amide bonds. The molecular formula is C18H20N4O4S. The Labute approximate surface area is 157 Å². The molecule has 0 atom stereocenters. The van der Waals surface area contributed by atoms with Gasteiger partial charge in [0.2, 0.25) is 10.0 Å². The van der Waals surface area contributed by atoms with Gasteiger partial charge in [-0.15, -0.1) is 0 Å². The molecule has 142 valence electrons. The number of rotatable bonds is 6. The summed E-state index contributed by atoms with van der Waals surface area (Å²) in [6.45, 7) is 5.14. The molecule has 8 nitrogen and oxygen atoms in total. The van der Waals surface area contributed by atoms with Crippen molar-refractivity contribution in [2.45, 2.75) is 4.90 Å². The first-order valence-electron chi connectivity index (χ1n) is 8.32. The second kappa shape index (κ2) is 8.30. The Kier molecular flexibility index (Phi) is 5.84. The third-order valence-corrected chi connectivity index (χ3v) is 5.94. The quantitative estimate of drug-likeness (QED) is 0.717. The number of pyridine rings is 1. The van der Waals surface area contributed by atoms with Crippen molar-refractivity contribution in [3.8, 4) is 0 Å². The number of morpholine rings is 1. The largest absolute Gasteiger partial charge is 0.379 e. The molecular weight excluding hydrogens is 368 g/mol. The molecule has 1 saturated heterocycles. The Morgan fingerprint density at radius 2 is 1.85 bits per heavy atom. The summed E-state index contributed by atoms with van der Waals surface area (Å²) in [5.41, 5.74) is 6.63. The lowest BCUT2D eigenvalue weighted by Crippen LogP contribution is -2.40. The van der Waals surface area contributed by atoms with E-state index in [0.717, 1.165) is 5.56 Å². The van der Waals surface area contributed by atoms with Crippen molar-refractivity contribution in [1.82, 2.24) is 20.1 Å². The van der Waals surface area contributed by atoms with Crippen LogP contribution in [-0.2, 0) is 14.8 Å². The second-order valence-electron chi connectivity index (χ2n) is 5.84. The van der Waals surface area contributed by atoms with Crippen LogP contribution in [0, 0.1) is 0 Å². The van der Waals surface area contributed by atoms with E-state index in [0.29, 0.717) is 32.0 Å². The SMILES string of the molecule is C=C(NNC(=O)c1cccc(S(=O)(=O)N2CCOCC2)c1)c1cccnc1. The maximum atomic E-state index is 12.7. The van der Waals surface area contributed by atoms with Crippen molar-refractivity contribution < 1.29 is 17.9 Å². The molecule has 1 fully saturated rings. The molecule has 0 saturated carbocycles. The van der Waals surface area contributed by atoms with Crippen LogP contribution in [0.3, 0.4) is 0 Å². The van der Waals surface area contributed by atoms with Crippen LogP contribution in [0.25, 0.3) is 5.70 Å². The fraction of sp³-hybridized carbons (Fsp3) is 0.222. The summed E-state index contributed by atoms with van der Waals surface area (Å²) < 4.78 is 32.0. The highest BCUT2D eigenvalue weighted by Crippen LogP contribution is 2.18. The molecule has 1 aliphatic heterocycles. The Morgan fingerprint density at radius 3 is 2.56 bits per heavy atom. The minimum atomic E-state index is -3.67. The summed E-state index contributed by atoms with van der Waals surface area (Å²) in [6.07, 6.45) is 3.24. The summed E-state index contributed by atoms with van der Waals surface area (Å²) in [4.78, 5) is 16.4. The molecule has 0 spiro atoms. The molecule has 0 unspecified atom stereocenters. The van der Waals surface area contributed by atoms with Crippen LogP contribution in [0.1, 0.15) is 15.9 Å². The second-order valence-corrected chi connectivity index (χ2v) is 7.78. The van der Waals surface area contributed by atoms with Crippen LogP contribution >= 0.6 is 0 Å². The van der Waals surface area contributed by atoms with E-state index in [1.807, 2.05) is 0 Å². The van der Waals surface area contributed by atoms with Crippen LogP contribution in [0.2, 0.25) is 0 Å². The highest BCUT2D eigenvalue weighted by Gasteiger charge is 2.26. The van der Waals surface area contributed by atoms with Gasteiger partial charge in [-0.2, -0.15) is 4.31 Å². The summed E-state index contributed by atoms with van der Waals surface area (Å²) in [5.74, 6) is -0.473. The molecule has 3 rings (SSSR count). The number of nitrogens with zero attached hydrogens (tertiary/aromatic N) is 2. The van der Waals surface area contributed by atoms with Gasteiger partial charge in [0.25, 0.3) is 5.91 Å². The van der Waals surface area contributed by atoms with Crippen molar-refractivity contribution in [3.05, 3.63) is 66.5 Å². The molecule has 1 aliphatic rings. The van der Waals surface area contributed by atoms with Gasteiger partial charge in [-0.3, -0.25) is 20.6 Å². The minimum Gasteiger partial charge on any atom is -0.379 e. The molecule has 0 aliphatic carbocycles. The van der Waals surface area contributed by atoms with Crippen LogP contribution in [0.15, 0.2) is 60.3 Å². The van der Waals surface area contributed by atoms with Gasteiger partial charge in [-0.1, -0.05) is 12.6 Å². The summed E-state index contributed by atoms with van der Waals surface area (Å²) in [6, 6.07) is 9.46. The van der Waals surface area contributed by atoms with E-state index in [1.54, 1.807) is 30.6 Å². The molecule has 2 heterocycles. The topological polar surface area (TPSA) is 101 Å². The van der Waals surface area contributed by atoms with Gasteiger partial charge in [0.05, 0.1) is 23.8 Å². The Morgan fingerprint density at radius 1 is 1.11 bits per heavy atom. The van der Waals surface area contributed by atoms with Gasteiger partial charge in [0.1, 0.15) is 0 Å². The number of carbonyl (C=O) groups is 1. The predicted octanol–water partition coefficient (Wildman–Crippen LogP) is 1.01. The fourth-order valence-electron chi connectivity index (χ4n) is 2.55. The molecule has 9 heteroatoms. The average molecular weight is 388 g/mol. The van der Waals surface area contributed by atoms with Crippen LogP contribution < -0.4 is 10.9 Å². The van der Waals surface area contributed by atoms with E-state index < -0.39 is 15.9 Å². The zero-order chi connectivity index (χ0) is 19.3. The van der Waals surface area contributed by atoms with Crippen molar-refractivity contribution in [3.63, 3.8) is 0 Å². The van der Waals surface area contributed by atoms with E-state index in [4.69, 9.17) is 4.74 Å². The van der Waals surface area contributed by atoms with Crippen LogP contribution in [-0.4, -0.2) is 49.9 Å². The number of benzene rings is 1. The third kappa shape index (κ3) is 4.51. The zero-order valence-electron chi connectivity index (χ0n) is 14.6. The Hall–Kier alpha value is -2.75. The van der Waals surface area contributed by atoms with Gasteiger partial charge >= 0.3 is 0 Å². The first-order chi connectivity index (χ1) is 13.0. The van der Waals surface area contributed by atoms with E-state index in [-0.39, 0.29) is 10.5 Å². The highest BCUT2D eigenvalue weighted by molar-refractivity contribution is 7.89. The lowest BCUT2D eigenvalue weighted by atomic mass is 10.2. The lowest BCUT2D eigenvalue weighted by molar-refractivity contribution is 0.0730. The van der Waals surface area contributed by atoms with Crippen LogP contribution in [0.5, 0.6) is 0 Å².